The largest absolute Gasteiger partial charge is 0.508 e. The highest BCUT2D eigenvalue weighted by Gasteiger charge is 2.24. The Bertz CT molecular complexity index is 332. The minimum absolute atomic E-state index is 0.339. The van der Waals surface area contributed by atoms with Gasteiger partial charge in [-0.3, -0.25) is 0 Å². The first kappa shape index (κ1) is 14.1. The standard InChI is InChI=1S/C16H26O/c1-6-12(2)15(11-16(3,4)5)13-7-9-14(17)10-8-13/h7-10,12,15,17H,6,11H2,1-5H3. The van der Waals surface area contributed by atoms with Gasteiger partial charge in [0.1, 0.15) is 5.75 Å². The lowest BCUT2D eigenvalue weighted by Gasteiger charge is -2.30. The van der Waals surface area contributed by atoms with Gasteiger partial charge in [0.2, 0.25) is 0 Å². The fourth-order valence-corrected chi connectivity index (χ4v) is 2.31. The number of aromatic hydroxyl groups is 1. The van der Waals surface area contributed by atoms with Crippen LogP contribution in [0.4, 0.5) is 0 Å². The average Bonchev–Trinajstić information content (AvgIpc) is 2.25. The van der Waals surface area contributed by atoms with Gasteiger partial charge in [-0.15, -0.1) is 0 Å². The van der Waals surface area contributed by atoms with Crippen LogP contribution < -0.4 is 0 Å². The van der Waals surface area contributed by atoms with E-state index >= 15 is 0 Å². The number of rotatable bonds is 4. The molecule has 1 heteroatoms. The van der Waals surface area contributed by atoms with Crippen molar-refractivity contribution in [2.24, 2.45) is 11.3 Å². The van der Waals surface area contributed by atoms with E-state index in [1.807, 2.05) is 0 Å². The van der Waals surface area contributed by atoms with Gasteiger partial charge >= 0.3 is 0 Å². The molecular formula is C16H26O. The first-order valence-corrected chi connectivity index (χ1v) is 6.62. The summed E-state index contributed by atoms with van der Waals surface area (Å²) >= 11 is 0. The first-order valence-electron chi connectivity index (χ1n) is 6.62. The second-order valence-corrected chi connectivity index (χ2v) is 6.35. The third-order valence-corrected chi connectivity index (χ3v) is 3.48. The lowest BCUT2D eigenvalue weighted by Crippen LogP contribution is -2.17. The maximum absolute atomic E-state index is 9.37. The van der Waals surface area contributed by atoms with E-state index in [4.69, 9.17) is 0 Å². The van der Waals surface area contributed by atoms with Gasteiger partial charge in [-0.2, -0.15) is 0 Å². The lowest BCUT2D eigenvalue weighted by molar-refractivity contribution is 0.288. The van der Waals surface area contributed by atoms with Gasteiger partial charge in [-0.1, -0.05) is 53.2 Å². The minimum Gasteiger partial charge on any atom is -0.508 e. The molecule has 0 radical (unpaired) electrons. The Morgan fingerprint density at radius 1 is 1.12 bits per heavy atom. The lowest BCUT2D eigenvalue weighted by atomic mass is 9.75. The van der Waals surface area contributed by atoms with Crippen molar-refractivity contribution in [2.75, 3.05) is 0 Å². The van der Waals surface area contributed by atoms with Crippen molar-refractivity contribution in [3.63, 3.8) is 0 Å². The smallest absolute Gasteiger partial charge is 0.115 e. The highest BCUT2D eigenvalue weighted by atomic mass is 16.3. The molecule has 0 bridgehead atoms. The molecule has 0 aromatic heterocycles. The Balaban J connectivity index is 2.94. The zero-order valence-corrected chi connectivity index (χ0v) is 11.8. The van der Waals surface area contributed by atoms with E-state index in [-0.39, 0.29) is 0 Å². The summed E-state index contributed by atoms with van der Waals surface area (Å²) < 4.78 is 0. The van der Waals surface area contributed by atoms with Gasteiger partial charge in [0.05, 0.1) is 0 Å². The van der Waals surface area contributed by atoms with Gasteiger partial charge in [-0.25, -0.2) is 0 Å². The van der Waals surface area contributed by atoms with E-state index in [1.54, 1.807) is 12.1 Å². The number of benzene rings is 1. The van der Waals surface area contributed by atoms with Crippen LogP contribution in [0.3, 0.4) is 0 Å². The summed E-state index contributed by atoms with van der Waals surface area (Å²) in [5.41, 5.74) is 1.69. The summed E-state index contributed by atoms with van der Waals surface area (Å²) in [6, 6.07) is 7.73. The molecule has 1 N–H and O–H groups in total. The van der Waals surface area contributed by atoms with E-state index in [9.17, 15) is 5.11 Å². The molecule has 2 atom stereocenters. The third kappa shape index (κ3) is 4.41. The molecule has 0 spiro atoms. The molecule has 0 fully saturated rings. The molecule has 0 aliphatic rings. The number of phenolic OH excluding ortho intramolecular Hbond substituents is 1. The molecule has 1 aromatic rings. The average molecular weight is 234 g/mol. The predicted molar refractivity (Wildman–Crippen MR) is 74.4 cm³/mol. The molecule has 1 nitrogen and oxygen atoms in total. The van der Waals surface area contributed by atoms with Gasteiger partial charge in [0.15, 0.2) is 0 Å². The van der Waals surface area contributed by atoms with Crippen LogP contribution in [0.5, 0.6) is 5.75 Å². The Morgan fingerprint density at radius 2 is 1.65 bits per heavy atom. The monoisotopic (exact) mass is 234 g/mol. The Hall–Kier alpha value is -0.980. The van der Waals surface area contributed by atoms with Crippen molar-refractivity contribution < 1.29 is 5.11 Å². The molecule has 1 rings (SSSR count). The molecule has 0 heterocycles. The van der Waals surface area contributed by atoms with E-state index in [2.05, 4.69) is 46.8 Å². The SMILES string of the molecule is CCC(C)C(CC(C)(C)C)c1ccc(O)cc1. The summed E-state index contributed by atoms with van der Waals surface area (Å²) in [7, 11) is 0. The highest BCUT2D eigenvalue weighted by molar-refractivity contribution is 5.28. The Labute approximate surface area is 106 Å². The van der Waals surface area contributed by atoms with Gasteiger partial charge in [-0.05, 0) is 41.4 Å². The molecule has 0 amide bonds. The summed E-state index contributed by atoms with van der Waals surface area (Å²) in [4.78, 5) is 0. The Morgan fingerprint density at radius 3 is 2.06 bits per heavy atom. The van der Waals surface area contributed by atoms with Crippen molar-refractivity contribution in [2.45, 2.75) is 53.4 Å². The quantitative estimate of drug-likeness (QED) is 0.780. The zero-order valence-electron chi connectivity index (χ0n) is 11.8. The van der Waals surface area contributed by atoms with Crippen LogP contribution in [0.25, 0.3) is 0 Å². The molecule has 1 aromatic carbocycles. The van der Waals surface area contributed by atoms with Crippen molar-refractivity contribution in [3.8, 4) is 5.75 Å². The van der Waals surface area contributed by atoms with Crippen LogP contribution in [0.15, 0.2) is 24.3 Å². The van der Waals surface area contributed by atoms with Crippen LogP contribution in [0.1, 0.15) is 58.9 Å². The second kappa shape index (κ2) is 5.57. The maximum Gasteiger partial charge on any atom is 0.115 e. The first-order chi connectivity index (χ1) is 7.83. The van der Waals surface area contributed by atoms with Crippen LogP contribution in [-0.4, -0.2) is 5.11 Å². The number of hydrogen-bond donors (Lipinski definition) is 1. The van der Waals surface area contributed by atoms with Gasteiger partial charge in [0, 0.05) is 0 Å². The number of hydrogen-bond acceptors (Lipinski definition) is 1. The molecule has 0 saturated heterocycles. The molecule has 0 aliphatic carbocycles. The third-order valence-electron chi connectivity index (χ3n) is 3.48. The summed E-state index contributed by atoms with van der Waals surface area (Å²) in [6.07, 6.45) is 2.38. The molecule has 96 valence electrons. The van der Waals surface area contributed by atoms with Crippen LogP contribution in [-0.2, 0) is 0 Å². The fraction of sp³-hybridized carbons (Fsp3) is 0.625. The zero-order chi connectivity index (χ0) is 13.1. The second-order valence-electron chi connectivity index (χ2n) is 6.35. The van der Waals surface area contributed by atoms with Crippen LogP contribution in [0, 0.1) is 11.3 Å². The van der Waals surface area contributed by atoms with E-state index in [0.717, 1.165) is 0 Å². The van der Waals surface area contributed by atoms with Gasteiger partial charge in [0.25, 0.3) is 0 Å². The highest BCUT2D eigenvalue weighted by Crippen LogP contribution is 2.37. The Kier molecular flexibility index (Phi) is 4.62. The van der Waals surface area contributed by atoms with Crippen molar-refractivity contribution in [1.29, 1.82) is 0 Å². The minimum atomic E-state index is 0.339. The molecule has 2 unspecified atom stereocenters. The van der Waals surface area contributed by atoms with Crippen molar-refractivity contribution in [1.82, 2.24) is 0 Å². The summed E-state index contributed by atoms with van der Waals surface area (Å²) in [5, 5.41) is 9.37. The topological polar surface area (TPSA) is 20.2 Å². The molecule has 0 saturated carbocycles. The molecule has 0 aliphatic heterocycles. The van der Waals surface area contributed by atoms with Crippen LogP contribution >= 0.6 is 0 Å². The predicted octanol–water partition coefficient (Wildman–Crippen LogP) is 4.96. The van der Waals surface area contributed by atoms with E-state index in [0.29, 0.717) is 23.0 Å². The summed E-state index contributed by atoms with van der Waals surface area (Å²) in [6.45, 7) is 11.5. The maximum atomic E-state index is 9.37. The number of phenols is 1. The van der Waals surface area contributed by atoms with E-state index < -0.39 is 0 Å². The van der Waals surface area contributed by atoms with Gasteiger partial charge < -0.3 is 5.11 Å². The summed E-state index contributed by atoms with van der Waals surface area (Å²) in [5.74, 6) is 1.62. The fourth-order valence-electron chi connectivity index (χ4n) is 2.31. The van der Waals surface area contributed by atoms with Crippen LogP contribution in [0.2, 0.25) is 0 Å². The van der Waals surface area contributed by atoms with E-state index in [1.165, 1.54) is 18.4 Å². The normalized spacial score (nSPS) is 15.6. The molecular weight excluding hydrogens is 208 g/mol. The van der Waals surface area contributed by atoms with Crippen molar-refractivity contribution in [3.05, 3.63) is 29.8 Å². The molecule has 17 heavy (non-hydrogen) atoms. The van der Waals surface area contributed by atoms with Crippen molar-refractivity contribution >= 4 is 0 Å².